The molecule has 0 spiro atoms. The molecule has 3 rings (SSSR count). The molecule has 1 heterocycles. The van der Waals surface area contributed by atoms with Crippen LogP contribution >= 0.6 is 0 Å². The van der Waals surface area contributed by atoms with Gasteiger partial charge in [0.05, 0.1) is 31.0 Å². The maximum atomic E-state index is 13.6. The van der Waals surface area contributed by atoms with Crippen molar-refractivity contribution >= 4 is 29.2 Å². The first-order valence-corrected chi connectivity index (χ1v) is 11.4. The second-order valence-electron chi connectivity index (χ2n) is 7.64. The molecule has 1 aliphatic rings. The van der Waals surface area contributed by atoms with Gasteiger partial charge in [0.15, 0.2) is 6.04 Å². The maximum Gasteiger partial charge on any atom is 0.330 e. The number of hydrogen-bond donors (Lipinski definition) is 0. The molecule has 1 aliphatic heterocycles. The van der Waals surface area contributed by atoms with Crippen molar-refractivity contribution < 1.29 is 28.6 Å². The Morgan fingerprint density at radius 1 is 0.971 bits per heavy atom. The molecular weight excluding hydrogens is 448 g/mol. The van der Waals surface area contributed by atoms with E-state index in [1.807, 2.05) is 36.4 Å². The number of benzene rings is 2. The van der Waals surface area contributed by atoms with Crippen LogP contribution in [0.3, 0.4) is 0 Å². The third-order valence-corrected chi connectivity index (χ3v) is 5.26. The first-order valence-electron chi connectivity index (χ1n) is 11.4. The molecule has 0 bridgehead atoms. The fraction of sp³-hybridized carbons (Fsp3) is 0.259. The lowest BCUT2D eigenvalue weighted by molar-refractivity contribution is -0.485. The van der Waals surface area contributed by atoms with Crippen molar-refractivity contribution in [2.45, 2.75) is 32.9 Å². The van der Waals surface area contributed by atoms with Crippen LogP contribution < -0.4 is 4.90 Å². The second kappa shape index (κ2) is 12.3. The summed E-state index contributed by atoms with van der Waals surface area (Å²) >= 11 is 0. The van der Waals surface area contributed by atoms with Crippen LogP contribution in [0.15, 0.2) is 78.9 Å². The van der Waals surface area contributed by atoms with E-state index in [0.717, 1.165) is 11.6 Å². The summed E-state index contributed by atoms with van der Waals surface area (Å²) in [6.45, 7) is 4.09. The van der Waals surface area contributed by atoms with Crippen molar-refractivity contribution in [2.24, 2.45) is 0 Å². The summed E-state index contributed by atoms with van der Waals surface area (Å²) in [7, 11) is 0. The molecule has 0 aromatic heterocycles. The summed E-state index contributed by atoms with van der Waals surface area (Å²) in [6, 6.07) is 15.6. The van der Waals surface area contributed by atoms with E-state index >= 15 is 0 Å². The number of fused-ring (bicyclic) bond motifs is 1. The van der Waals surface area contributed by atoms with Crippen LogP contribution in [0.1, 0.15) is 31.4 Å². The number of anilines is 1. The average Bonchev–Trinajstić information content (AvgIpc) is 3.13. The number of amides is 1. The van der Waals surface area contributed by atoms with Crippen molar-refractivity contribution in [3.63, 3.8) is 0 Å². The SMILES string of the molecule is CCOC(=O)/C=C/CC(/C=C/C(=O)OCC)/[N+]([O-])=C1/C(=O)N(Cc2ccccc2)c2ccccc21. The Morgan fingerprint density at radius 3 is 2.29 bits per heavy atom. The van der Waals surface area contributed by atoms with Gasteiger partial charge in [0.2, 0.25) is 0 Å². The lowest BCUT2D eigenvalue weighted by atomic mass is 10.1. The summed E-state index contributed by atoms with van der Waals surface area (Å²) in [5.41, 5.74) is 2.03. The van der Waals surface area contributed by atoms with Gasteiger partial charge < -0.3 is 14.7 Å². The fourth-order valence-corrected chi connectivity index (χ4v) is 3.69. The second-order valence-corrected chi connectivity index (χ2v) is 7.64. The lowest BCUT2D eigenvalue weighted by Crippen LogP contribution is -2.36. The normalized spacial score (nSPS) is 15.4. The number of esters is 2. The van der Waals surface area contributed by atoms with Crippen molar-refractivity contribution in [1.29, 1.82) is 0 Å². The molecule has 0 saturated heterocycles. The van der Waals surface area contributed by atoms with Gasteiger partial charge in [-0.05, 0) is 37.6 Å². The minimum absolute atomic E-state index is 0.0282. The lowest BCUT2D eigenvalue weighted by Gasteiger charge is -2.17. The van der Waals surface area contributed by atoms with Gasteiger partial charge in [0.25, 0.3) is 5.71 Å². The molecule has 2 aromatic carbocycles. The van der Waals surface area contributed by atoms with E-state index < -0.39 is 23.9 Å². The van der Waals surface area contributed by atoms with Crippen LogP contribution in [-0.2, 0) is 30.4 Å². The monoisotopic (exact) mass is 476 g/mol. The highest BCUT2D eigenvalue weighted by molar-refractivity contribution is 6.52. The molecule has 8 nitrogen and oxygen atoms in total. The van der Waals surface area contributed by atoms with E-state index in [2.05, 4.69) is 0 Å². The topological polar surface area (TPSA) is 99.0 Å². The Labute approximate surface area is 204 Å². The molecule has 8 heteroatoms. The molecule has 1 atom stereocenters. The number of nitrogens with zero attached hydrogens (tertiary/aromatic N) is 2. The predicted octanol–water partition coefficient (Wildman–Crippen LogP) is 3.53. The van der Waals surface area contributed by atoms with E-state index in [0.29, 0.717) is 22.5 Å². The van der Waals surface area contributed by atoms with Gasteiger partial charge in [-0.2, -0.15) is 4.74 Å². The van der Waals surface area contributed by atoms with Gasteiger partial charge in [0.1, 0.15) is 0 Å². The molecule has 182 valence electrons. The van der Waals surface area contributed by atoms with Gasteiger partial charge in [-0.3, -0.25) is 9.69 Å². The van der Waals surface area contributed by atoms with Crippen molar-refractivity contribution in [1.82, 2.24) is 0 Å². The molecule has 0 radical (unpaired) electrons. The molecule has 0 fully saturated rings. The van der Waals surface area contributed by atoms with Gasteiger partial charge in [-0.1, -0.05) is 48.5 Å². The molecule has 35 heavy (non-hydrogen) atoms. The Balaban J connectivity index is 1.98. The molecular formula is C27H28N2O6. The molecule has 0 aliphatic carbocycles. The number of hydrogen-bond acceptors (Lipinski definition) is 6. The highest BCUT2D eigenvalue weighted by atomic mass is 16.5. The number of carbonyl (C=O) groups excluding carboxylic acids is 3. The predicted molar refractivity (Wildman–Crippen MR) is 132 cm³/mol. The van der Waals surface area contributed by atoms with Crippen LogP contribution in [0, 0.1) is 5.21 Å². The first-order chi connectivity index (χ1) is 17.0. The average molecular weight is 477 g/mol. The minimum Gasteiger partial charge on any atom is -0.623 e. The molecule has 1 amide bonds. The summed E-state index contributed by atoms with van der Waals surface area (Å²) < 4.78 is 10.4. The number of ether oxygens (including phenoxy) is 2. The van der Waals surface area contributed by atoms with E-state index in [1.165, 1.54) is 18.2 Å². The number of carbonyl (C=O) groups is 3. The van der Waals surface area contributed by atoms with Gasteiger partial charge in [0, 0.05) is 18.6 Å². The van der Waals surface area contributed by atoms with E-state index in [9.17, 15) is 19.6 Å². The molecule has 2 aromatic rings. The summed E-state index contributed by atoms with van der Waals surface area (Å²) in [5.74, 6) is -1.58. The molecule has 0 N–H and O–H groups in total. The Hall–Kier alpha value is -4.20. The Bertz CT molecular complexity index is 1150. The van der Waals surface area contributed by atoms with Crippen molar-refractivity contribution in [2.75, 3.05) is 18.1 Å². The van der Waals surface area contributed by atoms with Crippen LogP contribution in [0.4, 0.5) is 5.69 Å². The smallest absolute Gasteiger partial charge is 0.330 e. The highest BCUT2D eigenvalue weighted by Gasteiger charge is 2.40. The van der Waals surface area contributed by atoms with Gasteiger partial charge in [-0.15, -0.1) is 0 Å². The summed E-state index contributed by atoms with van der Waals surface area (Å²) in [6.07, 6.45) is 5.31. The quantitative estimate of drug-likeness (QED) is 0.171. The molecule has 1 unspecified atom stereocenters. The van der Waals surface area contributed by atoms with Gasteiger partial charge >= 0.3 is 17.8 Å². The molecule has 0 saturated carbocycles. The zero-order valence-electron chi connectivity index (χ0n) is 19.8. The number of rotatable bonds is 10. The minimum atomic E-state index is -0.936. The zero-order chi connectivity index (χ0) is 25.2. The Morgan fingerprint density at radius 2 is 1.60 bits per heavy atom. The van der Waals surface area contributed by atoms with E-state index in [-0.39, 0.29) is 25.3 Å². The summed E-state index contributed by atoms with van der Waals surface area (Å²) in [5, 5.41) is 13.6. The number of hydroxylamine groups is 1. The van der Waals surface area contributed by atoms with Crippen LogP contribution in [-0.4, -0.2) is 47.6 Å². The first kappa shape index (κ1) is 25.4. The van der Waals surface area contributed by atoms with Crippen LogP contribution in [0.2, 0.25) is 0 Å². The maximum absolute atomic E-state index is 13.6. The Kier molecular flexibility index (Phi) is 8.95. The van der Waals surface area contributed by atoms with Crippen LogP contribution in [0.5, 0.6) is 0 Å². The third kappa shape index (κ3) is 6.44. The third-order valence-electron chi connectivity index (χ3n) is 5.26. The van der Waals surface area contributed by atoms with Crippen molar-refractivity contribution in [3.8, 4) is 0 Å². The highest BCUT2D eigenvalue weighted by Crippen LogP contribution is 2.31. The van der Waals surface area contributed by atoms with E-state index in [4.69, 9.17) is 9.47 Å². The standard InChI is InChI=1S/C27H28N2O6/c1-3-34-24(30)16-10-13-21(17-18-25(31)35-4-2)29(33)26-22-14-8-9-15-23(22)28(27(26)32)19-20-11-6-5-7-12-20/h5-12,14-18,21H,3-4,13,19H2,1-2H3/b16-10+,18-17+,29-26-. The van der Waals surface area contributed by atoms with Crippen molar-refractivity contribution in [3.05, 3.63) is 95.2 Å². The fourth-order valence-electron chi connectivity index (χ4n) is 3.69. The summed E-state index contributed by atoms with van der Waals surface area (Å²) in [4.78, 5) is 38.6. The largest absolute Gasteiger partial charge is 0.623 e. The van der Waals surface area contributed by atoms with E-state index in [1.54, 1.807) is 36.9 Å². The number of para-hydroxylation sites is 1. The zero-order valence-corrected chi connectivity index (χ0v) is 19.8. The van der Waals surface area contributed by atoms with Crippen LogP contribution in [0.25, 0.3) is 0 Å². The van der Waals surface area contributed by atoms with Gasteiger partial charge in [-0.25, -0.2) is 9.59 Å².